The minimum Gasteiger partial charge on any atom is -0.310 e. The molecule has 5 aliphatic carbocycles. The molecule has 0 spiro atoms. The molecule has 0 heterocycles. The fourth-order valence-electron chi connectivity index (χ4n) is 8.34. The lowest BCUT2D eigenvalue weighted by molar-refractivity contribution is 0.660. The van der Waals surface area contributed by atoms with Gasteiger partial charge in [0.05, 0.1) is 5.69 Å². The molecule has 0 N–H and O–H groups in total. The number of rotatable bonds is 5. The first-order valence-electron chi connectivity index (χ1n) is 18.0. The maximum absolute atomic E-state index is 2.58. The highest BCUT2D eigenvalue weighted by atomic mass is 15.1. The molecule has 0 radical (unpaired) electrons. The molecular weight excluding hydrogens is 603 g/mol. The van der Waals surface area contributed by atoms with Crippen molar-refractivity contribution in [1.82, 2.24) is 0 Å². The maximum Gasteiger partial charge on any atom is 0.0540 e. The van der Waals surface area contributed by atoms with Crippen molar-refractivity contribution in [2.45, 2.75) is 44.9 Å². The average molecular weight is 644 g/mol. The summed E-state index contributed by atoms with van der Waals surface area (Å²) in [5.74, 6) is 0. The highest BCUT2D eigenvalue weighted by Crippen LogP contribution is 2.55. The van der Waals surface area contributed by atoms with E-state index in [9.17, 15) is 0 Å². The first kappa shape index (κ1) is 30.4. The topological polar surface area (TPSA) is 3.24 Å². The number of para-hydroxylation sites is 1. The van der Waals surface area contributed by atoms with Crippen molar-refractivity contribution in [3.8, 4) is 33.4 Å². The van der Waals surface area contributed by atoms with Crippen LogP contribution in [0.5, 0.6) is 0 Å². The van der Waals surface area contributed by atoms with Crippen LogP contribution in [-0.2, 0) is 31.1 Å². The monoisotopic (exact) mass is 643 g/mol. The zero-order chi connectivity index (χ0) is 33.7. The Kier molecular flexibility index (Phi) is 7.50. The molecule has 4 bridgehead atoms. The van der Waals surface area contributed by atoms with Gasteiger partial charge in [0, 0.05) is 22.4 Å². The number of hydrogen-bond donors (Lipinski definition) is 0. The summed E-state index contributed by atoms with van der Waals surface area (Å²) in [5, 5.41) is 0. The summed E-state index contributed by atoms with van der Waals surface area (Å²) >= 11 is 0. The SMILES string of the molecule is CC1(C)c2ccccc2-c2c(-c3ccccc3)cc(N(c3cc4ccc3CCc3ccc(cc3)CC4)c3ccccc3-c3ccccc3)cc21. The van der Waals surface area contributed by atoms with Crippen molar-refractivity contribution in [2.75, 3.05) is 4.90 Å². The van der Waals surface area contributed by atoms with Gasteiger partial charge < -0.3 is 4.90 Å². The number of nitrogens with zero attached hydrogens (tertiary/aromatic N) is 1. The van der Waals surface area contributed by atoms with E-state index in [2.05, 4.69) is 183 Å². The van der Waals surface area contributed by atoms with E-state index in [1.54, 1.807) is 0 Å². The van der Waals surface area contributed by atoms with Crippen LogP contribution in [0.3, 0.4) is 0 Å². The highest BCUT2D eigenvalue weighted by Gasteiger charge is 2.38. The first-order valence-corrected chi connectivity index (χ1v) is 18.0. The Balaban J connectivity index is 1.34. The van der Waals surface area contributed by atoms with Crippen LogP contribution in [0.1, 0.15) is 47.2 Å². The molecule has 0 saturated carbocycles. The van der Waals surface area contributed by atoms with Crippen molar-refractivity contribution < 1.29 is 0 Å². The summed E-state index contributed by atoms with van der Waals surface area (Å²) in [6.07, 6.45) is 4.00. The second-order valence-corrected chi connectivity index (χ2v) is 14.5. The van der Waals surface area contributed by atoms with Gasteiger partial charge in [-0.15, -0.1) is 0 Å². The molecule has 0 amide bonds. The Hall–Kier alpha value is -5.66. The van der Waals surface area contributed by atoms with E-state index in [0.717, 1.165) is 25.7 Å². The van der Waals surface area contributed by atoms with Gasteiger partial charge in [-0.1, -0.05) is 153 Å². The lowest BCUT2D eigenvalue weighted by Crippen LogP contribution is -2.18. The molecule has 0 saturated heterocycles. The van der Waals surface area contributed by atoms with Crippen LogP contribution in [0, 0.1) is 0 Å². The number of fused-ring (bicyclic) bond motifs is 3. The summed E-state index contributed by atoms with van der Waals surface area (Å²) < 4.78 is 0. The predicted molar refractivity (Wildman–Crippen MR) is 211 cm³/mol. The van der Waals surface area contributed by atoms with E-state index < -0.39 is 0 Å². The van der Waals surface area contributed by atoms with Gasteiger partial charge >= 0.3 is 0 Å². The largest absolute Gasteiger partial charge is 0.310 e. The third-order valence-electron chi connectivity index (χ3n) is 11.0. The zero-order valence-corrected chi connectivity index (χ0v) is 28.9. The van der Waals surface area contributed by atoms with E-state index >= 15 is 0 Å². The van der Waals surface area contributed by atoms with Gasteiger partial charge in [-0.2, -0.15) is 0 Å². The van der Waals surface area contributed by atoms with Crippen LogP contribution in [-0.4, -0.2) is 0 Å². The molecule has 242 valence electrons. The molecule has 50 heavy (non-hydrogen) atoms. The van der Waals surface area contributed by atoms with E-state index in [1.807, 2.05) is 0 Å². The van der Waals surface area contributed by atoms with Gasteiger partial charge in [-0.25, -0.2) is 0 Å². The summed E-state index contributed by atoms with van der Waals surface area (Å²) in [6.45, 7) is 4.79. The number of aryl methyl sites for hydroxylation is 4. The van der Waals surface area contributed by atoms with E-state index in [0.29, 0.717) is 0 Å². The smallest absolute Gasteiger partial charge is 0.0540 e. The van der Waals surface area contributed by atoms with Crippen LogP contribution < -0.4 is 4.90 Å². The van der Waals surface area contributed by atoms with Gasteiger partial charge in [0.1, 0.15) is 0 Å². The molecular formula is C49H41N. The summed E-state index contributed by atoms with van der Waals surface area (Å²) in [5.41, 5.74) is 19.5. The molecule has 0 unspecified atom stereocenters. The Morgan fingerprint density at radius 3 is 1.70 bits per heavy atom. The number of anilines is 3. The summed E-state index contributed by atoms with van der Waals surface area (Å²) in [7, 11) is 0. The Bertz CT molecular complexity index is 2330. The molecule has 1 heteroatoms. The molecule has 7 aromatic rings. The lowest BCUT2D eigenvalue weighted by Gasteiger charge is -2.32. The molecule has 12 rings (SSSR count). The van der Waals surface area contributed by atoms with Crippen LogP contribution in [0.15, 0.2) is 164 Å². The number of hydrogen-bond acceptors (Lipinski definition) is 1. The Morgan fingerprint density at radius 2 is 0.980 bits per heavy atom. The fraction of sp³-hybridized carbons (Fsp3) is 0.143. The quantitative estimate of drug-likeness (QED) is 0.180. The third-order valence-corrected chi connectivity index (χ3v) is 11.0. The van der Waals surface area contributed by atoms with E-state index in [4.69, 9.17) is 0 Å². The van der Waals surface area contributed by atoms with Crippen LogP contribution in [0.4, 0.5) is 17.1 Å². The minimum atomic E-state index is -0.149. The summed E-state index contributed by atoms with van der Waals surface area (Å²) in [6, 6.07) is 61.4. The van der Waals surface area contributed by atoms with Crippen molar-refractivity contribution in [3.63, 3.8) is 0 Å². The van der Waals surface area contributed by atoms with Crippen molar-refractivity contribution in [2.24, 2.45) is 0 Å². The van der Waals surface area contributed by atoms with Crippen LogP contribution in [0.2, 0.25) is 0 Å². The van der Waals surface area contributed by atoms with Crippen molar-refractivity contribution in [3.05, 3.63) is 197 Å². The predicted octanol–water partition coefficient (Wildman–Crippen LogP) is 12.7. The molecule has 5 aliphatic rings. The van der Waals surface area contributed by atoms with Crippen molar-refractivity contribution in [1.29, 1.82) is 0 Å². The van der Waals surface area contributed by atoms with Crippen LogP contribution >= 0.6 is 0 Å². The second kappa shape index (κ2) is 12.3. The van der Waals surface area contributed by atoms with Gasteiger partial charge in [0.15, 0.2) is 0 Å². The maximum atomic E-state index is 2.58. The zero-order valence-electron chi connectivity index (χ0n) is 28.9. The van der Waals surface area contributed by atoms with Crippen molar-refractivity contribution >= 4 is 17.1 Å². The second-order valence-electron chi connectivity index (χ2n) is 14.5. The van der Waals surface area contributed by atoms with Gasteiger partial charge in [0.25, 0.3) is 0 Å². The van der Waals surface area contributed by atoms with E-state index in [-0.39, 0.29) is 5.41 Å². The molecule has 0 aromatic heterocycles. The summed E-state index contributed by atoms with van der Waals surface area (Å²) in [4.78, 5) is 2.58. The van der Waals surface area contributed by atoms with Gasteiger partial charge in [-0.3, -0.25) is 0 Å². The normalized spacial score (nSPS) is 14.0. The molecule has 1 nitrogen and oxygen atoms in total. The Labute approximate surface area is 296 Å². The molecule has 0 aliphatic heterocycles. The fourth-order valence-corrected chi connectivity index (χ4v) is 8.34. The average Bonchev–Trinajstić information content (AvgIpc) is 3.40. The molecule has 0 fully saturated rings. The van der Waals surface area contributed by atoms with Gasteiger partial charge in [-0.05, 0) is 111 Å². The highest BCUT2D eigenvalue weighted by molar-refractivity contribution is 5.97. The minimum absolute atomic E-state index is 0.149. The Morgan fingerprint density at radius 1 is 0.420 bits per heavy atom. The molecule has 7 aromatic carbocycles. The van der Waals surface area contributed by atoms with Crippen LogP contribution in [0.25, 0.3) is 33.4 Å². The number of benzene rings is 7. The standard InChI is InChI=1S/C49H41N/c1-49(2)44-19-11-9-18-42(44)48-43(38-15-7-4-8-16-38)32-40(33-45(48)49)50(46-20-12-10-17-41(46)37-13-5-3-6-14-37)47-31-36-26-25-34-21-23-35(24-22-34)27-29-39(47)30-28-36/h3-24,28,30-33H,25-27,29H2,1-2H3. The lowest BCUT2D eigenvalue weighted by atomic mass is 9.81. The molecule has 0 atom stereocenters. The van der Waals surface area contributed by atoms with Gasteiger partial charge in [0.2, 0.25) is 0 Å². The first-order chi connectivity index (χ1) is 24.5. The third kappa shape index (κ3) is 5.26. The van der Waals surface area contributed by atoms with E-state index in [1.165, 1.54) is 83.8 Å².